The lowest BCUT2D eigenvalue weighted by molar-refractivity contribution is -0.133. The first-order valence-electron chi connectivity index (χ1n) is 10.4. The number of nitrogens with zero attached hydrogens (tertiary/aromatic N) is 1. The highest BCUT2D eigenvalue weighted by atomic mass is 32.1. The van der Waals surface area contributed by atoms with E-state index in [0.717, 1.165) is 35.3 Å². The van der Waals surface area contributed by atoms with Crippen molar-refractivity contribution in [3.05, 3.63) is 39.8 Å². The SMILES string of the molecule is Cc1ccc2c(c1)N(CC(=O)Nc1sc3c(c1C(N)=O)CCC(C)C3)C(=O)C(C)(C)O2. The number of hydrogen-bond acceptors (Lipinski definition) is 5. The molecule has 0 radical (unpaired) electrons. The van der Waals surface area contributed by atoms with E-state index in [0.29, 0.717) is 27.9 Å². The average Bonchev–Trinajstić information content (AvgIpc) is 3.02. The molecule has 0 fully saturated rings. The van der Waals surface area contributed by atoms with Gasteiger partial charge in [0.25, 0.3) is 11.8 Å². The van der Waals surface area contributed by atoms with Crippen LogP contribution in [0, 0.1) is 12.8 Å². The van der Waals surface area contributed by atoms with Gasteiger partial charge in [0, 0.05) is 4.88 Å². The van der Waals surface area contributed by atoms with Gasteiger partial charge in [-0.3, -0.25) is 19.3 Å². The molecular formula is C23H27N3O4S. The standard InChI is InChI=1S/C23H27N3O4S/c1-12-6-8-16-15(9-12)26(22(29)23(3,4)30-16)11-18(27)25-21-19(20(24)28)14-7-5-13(2)10-17(14)31-21/h6,8-9,13H,5,7,10-11H2,1-4H3,(H2,24,28)(H,25,27). The first-order valence-corrected chi connectivity index (χ1v) is 11.2. The van der Waals surface area contributed by atoms with Crippen molar-refractivity contribution in [3.63, 3.8) is 0 Å². The number of aryl methyl sites for hydroxylation is 1. The van der Waals surface area contributed by atoms with E-state index in [-0.39, 0.29) is 18.4 Å². The summed E-state index contributed by atoms with van der Waals surface area (Å²) in [5, 5.41) is 3.32. The molecule has 2 heterocycles. The van der Waals surface area contributed by atoms with Crippen molar-refractivity contribution in [1.29, 1.82) is 0 Å². The van der Waals surface area contributed by atoms with Crippen LogP contribution in [0.25, 0.3) is 0 Å². The van der Waals surface area contributed by atoms with Crippen molar-refractivity contribution < 1.29 is 19.1 Å². The molecule has 0 spiro atoms. The number of rotatable bonds is 4. The minimum atomic E-state index is -1.08. The van der Waals surface area contributed by atoms with Crippen LogP contribution >= 0.6 is 11.3 Å². The molecule has 1 aliphatic carbocycles. The van der Waals surface area contributed by atoms with Gasteiger partial charge in [-0.1, -0.05) is 13.0 Å². The maximum atomic E-state index is 13.0. The first kappa shape index (κ1) is 21.4. The normalized spacial score (nSPS) is 19.3. The number of nitrogens with two attached hydrogens (primary N) is 1. The molecule has 3 amide bonds. The van der Waals surface area contributed by atoms with Crippen molar-refractivity contribution in [1.82, 2.24) is 0 Å². The third-order valence-electron chi connectivity index (χ3n) is 5.84. The van der Waals surface area contributed by atoms with E-state index in [1.165, 1.54) is 16.2 Å². The number of primary amides is 1. The van der Waals surface area contributed by atoms with E-state index >= 15 is 0 Å². The monoisotopic (exact) mass is 441 g/mol. The van der Waals surface area contributed by atoms with Crippen LogP contribution in [-0.2, 0) is 22.4 Å². The smallest absolute Gasteiger partial charge is 0.271 e. The number of nitrogens with one attached hydrogen (secondary N) is 1. The lowest BCUT2D eigenvalue weighted by atomic mass is 9.88. The Labute approximate surface area is 185 Å². The van der Waals surface area contributed by atoms with Gasteiger partial charge in [0.2, 0.25) is 5.91 Å². The predicted molar refractivity (Wildman–Crippen MR) is 121 cm³/mol. The van der Waals surface area contributed by atoms with Gasteiger partial charge in [0.15, 0.2) is 5.60 Å². The van der Waals surface area contributed by atoms with Crippen LogP contribution in [0.5, 0.6) is 5.75 Å². The third-order valence-corrected chi connectivity index (χ3v) is 7.01. The average molecular weight is 442 g/mol. The fourth-order valence-corrected chi connectivity index (χ4v) is 5.68. The van der Waals surface area contributed by atoms with E-state index in [1.807, 2.05) is 25.1 Å². The van der Waals surface area contributed by atoms with Gasteiger partial charge in [-0.05, 0) is 69.2 Å². The number of benzene rings is 1. The molecule has 164 valence electrons. The van der Waals surface area contributed by atoms with Crippen molar-refractivity contribution in [3.8, 4) is 5.75 Å². The minimum absolute atomic E-state index is 0.181. The summed E-state index contributed by atoms with van der Waals surface area (Å²) in [4.78, 5) is 40.7. The van der Waals surface area contributed by atoms with Crippen molar-refractivity contribution in [2.75, 3.05) is 16.8 Å². The van der Waals surface area contributed by atoms with E-state index in [2.05, 4.69) is 12.2 Å². The Bertz CT molecular complexity index is 1090. The van der Waals surface area contributed by atoms with Crippen LogP contribution in [0.4, 0.5) is 10.7 Å². The van der Waals surface area contributed by atoms with Gasteiger partial charge in [0.05, 0.1) is 11.3 Å². The number of ether oxygens (including phenoxy) is 1. The lowest BCUT2D eigenvalue weighted by Gasteiger charge is -2.38. The number of anilines is 2. The quantitative estimate of drug-likeness (QED) is 0.759. The molecule has 31 heavy (non-hydrogen) atoms. The zero-order valence-electron chi connectivity index (χ0n) is 18.2. The number of hydrogen-bond donors (Lipinski definition) is 2. The first-order chi connectivity index (χ1) is 14.6. The second-order valence-electron chi connectivity index (χ2n) is 8.94. The number of carbonyl (C=O) groups is 3. The Morgan fingerprint density at radius 2 is 2.10 bits per heavy atom. The number of amides is 3. The molecule has 1 atom stereocenters. The summed E-state index contributed by atoms with van der Waals surface area (Å²) >= 11 is 1.41. The minimum Gasteiger partial charge on any atom is -0.476 e. The molecule has 0 saturated carbocycles. The van der Waals surface area contributed by atoms with Gasteiger partial charge < -0.3 is 15.8 Å². The second kappa shape index (κ2) is 7.67. The van der Waals surface area contributed by atoms with Gasteiger partial charge >= 0.3 is 0 Å². The molecular weight excluding hydrogens is 414 g/mol. The van der Waals surface area contributed by atoms with E-state index in [4.69, 9.17) is 10.5 Å². The van der Waals surface area contributed by atoms with Crippen LogP contribution in [0.1, 0.15) is 53.6 Å². The molecule has 1 unspecified atom stereocenters. The number of fused-ring (bicyclic) bond motifs is 2. The fraction of sp³-hybridized carbons (Fsp3) is 0.435. The Hall–Kier alpha value is -2.87. The van der Waals surface area contributed by atoms with Crippen LogP contribution in [0.15, 0.2) is 18.2 Å². The van der Waals surface area contributed by atoms with Crippen molar-refractivity contribution in [2.45, 2.75) is 52.6 Å². The maximum Gasteiger partial charge on any atom is 0.271 e. The Balaban J connectivity index is 1.62. The molecule has 1 aromatic heterocycles. The molecule has 0 saturated heterocycles. The lowest BCUT2D eigenvalue weighted by Crippen LogP contribution is -2.54. The Kier molecular flexibility index (Phi) is 5.29. The molecule has 1 aliphatic heterocycles. The zero-order valence-corrected chi connectivity index (χ0v) is 19.0. The molecule has 2 aliphatic rings. The van der Waals surface area contributed by atoms with Crippen molar-refractivity contribution >= 4 is 39.7 Å². The predicted octanol–water partition coefficient (Wildman–Crippen LogP) is 3.42. The fourth-order valence-electron chi connectivity index (χ4n) is 4.24. The topological polar surface area (TPSA) is 102 Å². The summed E-state index contributed by atoms with van der Waals surface area (Å²) in [5.41, 5.74) is 7.45. The molecule has 1 aromatic carbocycles. The van der Waals surface area contributed by atoms with E-state index in [1.54, 1.807) is 13.8 Å². The molecule has 0 bridgehead atoms. The van der Waals surface area contributed by atoms with Gasteiger partial charge in [0.1, 0.15) is 17.3 Å². The summed E-state index contributed by atoms with van der Waals surface area (Å²) in [6.45, 7) is 7.28. The largest absolute Gasteiger partial charge is 0.476 e. The van der Waals surface area contributed by atoms with E-state index in [9.17, 15) is 14.4 Å². The van der Waals surface area contributed by atoms with E-state index < -0.39 is 11.5 Å². The van der Waals surface area contributed by atoms with Crippen molar-refractivity contribution in [2.24, 2.45) is 11.7 Å². The van der Waals surface area contributed by atoms with Crippen LogP contribution in [-0.4, -0.2) is 29.9 Å². The molecule has 8 heteroatoms. The molecule has 2 aromatic rings. The van der Waals surface area contributed by atoms with Crippen LogP contribution < -0.4 is 20.7 Å². The third kappa shape index (κ3) is 3.92. The summed E-state index contributed by atoms with van der Waals surface area (Å²) < 4.78 is 5.85. The summed E-state index contributed by atoms with van der Waals surface area (Å²) in [7, 11) is 0. The Morgan fingerprint density at radius 3 is 2.81 bits per heavy atom. The molecule has 7 nitrogen and oxygen atoms in total. The summed E-state index contributed by atoms with van der Waals surface area (Å²) in [6.07, 6.45) is 2.65. The second-order valence-corrected chi connectivity index (χ2v) is 10.0. The molecule has 4 rings (SSSR count). The summed E-state index contributed by atoms with van der Waals surface area (Å²) in [6, 6.07) is 5.54. The highest BCUT2D eigenvalue weighted by molar-refractivity contribution is 7.17. The summed E-state index contributed by atoms with van der Waals surface area (Å²) in [5.74, 6) is -0.125. The zero-order chi connectivity index (χ0) is 22.5. The highest BCUT2D eigenvalue weighted by Crippen LogP contribution is 2.40. The maximum absolute atomic E-state index is 13.0. The molecule has 3 N–H and O–H groups in total. The van der Waals surface area contributed by atoms with Gasteiger partial charge in [-0.15, -0.1) is 11.3 Å². The highest BCUT2D eigenvalue weighted by Gasteiger charge is 2.41. The Morgan fingerprint density at radius 1 is 1.35 bits per heavy atom. The van der Waals surface area contributed by atoms with Gasteiger partial charge in [-0.25, -0.2) is 0 Å². The number of thiophene rings is 1. The van der Waals surface area contributed by atoms with Crippen LogP contribution in [0.3, 0.4) is 0 Å². The van der Waals surface area contributed by atoms with Gasteiger partial charge in [-0.2, -0.15) is 0 Å². The van der Waals surface area contributed by atoms with Crippen LogP contribution in [0.2, 0.25) is 0 Å². The number of carbonyl (C=O) groups excluding carboxylic acids is 3.